The quantitative estimate of drug-likeness (QED) is 0.417. The third kappa shape index (κ3) is 15.2. The van der Waals surface area contributed by atoms with Crippen LogP contribution in [0.15, 0.2) is 18.3 Å². The first-order valence-corrected chi connectivity index (χ1v) is 11.5. The molecule has 1 aliphatic heterocycles. The molecule has 0 bridgehead atoms. The number of likely N-dealkylation sites (N-methyl/N-ethyl adjacent to an activating group) is 1. The van der Waals surface area contributed by atoms with Gasteiger partial charge in [-0.2, -0.15) is 0 Å². The third-order valence-corrected chi connectivity index (χ3v) is 4.67. The number of likely N-dealkylation sites (tertiary alicyclic amines) is 1. The molecule has 32 heavy (non-hydrogen) atoms. The molecular formula is C24H46N4O4. The molecule has 2 heterocycles. The average Bonchev–Trinajstić information content (AvgIpc) is 2.78. The average molecular weight is 455 g/mol. The maximum absolute atomic E-state index is 10.4. The number of nitrogens with one attached hydrogen (secondary N) is 1. The SMILES string of the molecule is CC.CC.CCCC(CC)C(C)NC=O.CN1C(=O)CC1C(=O)O.Cc1ccnc(N)c1. The van der Waals surface area contributed by atoms with E-state index in [1.165, 1.54) is 24.8 Å². The normalized spacial score (nSPS) is 15.2. The van der Waals surface area contributed by atoms with E-state index < -0.39 is 12.0 Å². The summed E-state index contributed by atoms with van der Waals surface area (Å²) >= 11 is 0. The monoisotopic (exact) mass is 454 g/mol. The second-order valence-corrected chi connectivity index (χ2v) is 6.85. The minimum Gasteiger partial charge on any atom is -0.480 e. The van der Waals surface area contributed by atoms with Crippen LogP contribution in [0.3, 0.4) is 0 Å². The van der Waals surface area contributed by atoms with Crippen molar-refractivity contribution in [1.29, 1.82) is 0 Å². The van der Waals surface area contributed by atoms with E-state index in [0.29, 0.717) is 17.8 Å². The maximum Gasteiger partial charge on any atom is 0.326 e. The van der Waals surface area contributed by atoms with Crippen LogP contribution in [0.1, 0.15) is 79.7 Å². The lowest BCUT2D eigenvalue weighted by Crippen LogP contribution is -2.54. The molecule has 4 N–H and O–H groups in total. The van der Waals surface area contributed by atoms with Gasteiger partial charge < -0.3 is 21.1 Å². The number of nitrogens with two attached hydrogens (primary N) is 1. The van der Waals surface area contributed by atoms with Crippen molar-refractivity contribution in [3.8, 4) is 0 Å². The lowest BCUT2D eigenvalue weighted by atomic mass is 9.94. The van der Waals surface area contributed by atoms with E-state index in [-0.39, 0.29) is 12.3 Å². The highest BCUT2D eigenvalue weighted by Gasteiger charge is 2.38. The van der Waals surface area contributed by atoms with Crippen molar-refractivity contribution in [1.82, 2.24) is 15.2 Å². The van der Waals surface area contributed by atoms with Crippen molar-refractivity contribution in [2.75, 3.05) is 12.8 Å². The number of aliphatic carboxylic acids is 1. The summed E-state index contributed by atoms with van der Waals surface area (Å²) in [5.74, 6) is 0.217. The van der Waals surface area contributed by atoms with Crippen molar-refractivity contribution >= 4 is 24.1 Å². The summed E-state index contributed by atoms with van der Waals surface area (Å²) in [6, 6.07) is 3.51. The first-order valence-electron chi connectivity index (χ1n) is 11.5. The molecule has 8 nitrogen and oxygen atoms in total. The van der Waals surface area contributed by atoms with Crippen molar-refractivity contribution in [3.05, 3.63) is 23.9 Å². The second-order valence-electron chi connectivity index (χ2n) is 6.85. The Hall–Kier alpha value is -2.64. The highest BCUT2D eigenvalue weighted by atomic mass is 16.4. The summed E-state index contributed by atoms with van der Waals surface area (Å²) in [6.45, 7) is 16.4. The summed E-state index contributed by atoms with van der Waals surface area (Å²) in [5.41, 5.74) is 6.50. The molecule has 2 rings (SSSR count). The molecule has 1 aliphatic rings. The van der Waals surface area contributed by atoms with Crippen LogP contribution in [-0.4, -0.2) is 52.4 Å². The van der Waals surface area contributed by atoms with Gasteiger partial charge in [0.2, 0.25) is 12.3 Å². The number of aryl methyl sites for hydroxylation is 1. The van der Waals surface area contributed by atoms with Gasteiger partial charge in [0, 0.05) is 19.3 Å². The highest BCUT2D eigenvalue weighted by Crippen LogP contribution is 2.15. The molecule has 0 aromatic carbocycles. The summed E-state index contributed by atoms with van der Waals surface area (Å²) in [7, 11) is 1.49. The molecule has 186 valence electrons. The van der Waals surface area contributed by atoms with Crippen LogP contribution >= 0.6 is 0 Å². The van der Waals surface area contributed by atoms with Gasteiger partial charge in [0.15, 0.2) is 0 Å². The van der Waals surface area contributed by atoms with E-state index in [1.807, 2.05) is 46.8 Å². The van der Waals surface area contributed by atoms with Crippen LogP contribution in [0.4, 0.5) is 5.82 Å². The maximum atomic E-state index is 10.4. The molecule has 0 radical (unpaired) electrons. The summed E-state index contributed by atoms with van der Waals surface area (Å²) in [6.07, 6.45) is 6.21. The Morgan fingerprint density at radius 3 is 2.16 bits per heavy atom. The number of β-lactam (4-membered cyclic amide) rings is 1. The number of carbonyl (C=O) groups excluding carboxylic acids is 2. The minimum absolute atomic E-state index is 0.0950. The third-order valence-electron chi connectivity index (χ3n) is 4.67. The van der Waals surface area contributed by atoms with Gasteiger partial charge in [-0.25, -0.2) is 9.78 Å². The Balaban J connectivity index is -0.000000368. The van der Waals surface area contributed by atoms with Crippen molar-refractivity contribution < 1.29 is 19.5 Å². The number of carboxylic acid groups (broad SMARTS) is 1. The number of hydrogen-bond acceptors (Lipinski definition) is 5. The molecule has 1 saturated heterocycles. The Kier molecular flexibility index (Phi) is 22.9. The lowest BCUT2D eigenvalue weighted by Gasteiger charge is -2.33. The van der Waals surface area contributed by atoms with Crippen LogP contribution in [0.25, 0.3) is 0 Å². The molecule has 0 spiro atoms. The number of amides is 2. The van der Waals surface area contributed by atoms with Crippen molar-refractivity contribution in [3.63, 3.8) is 0 Å². The van der Waals surface area contributed by atoms with Gasteiger partial charge in [-0.3, -0.25) is 9.59 Å². The number of aromatic nitrogens is 1. The van der Waals surface area contributed by atoms with Crippen LogP contribution in [-0.2, 0) is 14.4 Å². The second kappa shape index (κ2) is 21.6. The number of pyridine rings is 1. The largest absolute Gasteiger partial charge is 0.480 e. The van der Waals surface area contributed by atoms with Crippen molar-refractivity contribution in [2.45, 2.75) is 93.2 Å². The van der Waals surface area contributed by atoms with E-state index >= 15 is 0 Å². The van der Waals surface area contributed by atoms with Gasteiger partial charge in [-0.1, -0.05) is 54.4 Å². The van der Waals surface area contributed by atoms with Gasteiger partial charge >= 0.3 is 5.97 Å². The molecule has 0 saturated carbocycles. The highest BCUT2D eigenvalue weighted by molar-refractivity contribution is 5.93. The molecule has 1 aromatic rings. The topological polar surface area (TPSA) is 126 Å². The fourth-order valence-corrected chi connectivity index (χ4v) is 2.74. The van der Waals surface area contributed by atoms with Gasteiger partial charge in [0.05, 0.1) is 6.42 Å². The lowest BCUT2D eigenvalue weighted by molar-refractivity contribution is -0.160. The first-order chi connectivity index (χ1) is 15.2. The predicted molar refractivity (Wildman–Crippen MR) is 132 cm³/mol. The van der Waals surface area contributed by atoms with Crippen LogP contribution in [0.2, 0.25) is 0 Å². The van der Waals surface area contributed by atoms with Crippen LogP contribution < -0.4 is 11.1 Å². The van der Waals surface area contributed by atoms with E-state index in [9.17, 15) is 14.4 Å². The fraction of sp³-hybridized carbons (Fsp3) is 0.667. The van der Waals surface area contributed by atoms with E-state index in [1.54, 1.807) is 6.20 Å². The standard InChI is InChI=1S/C9H19NO.C6H8N2.C5H7NO3.2C2H6/c1-4-6-9(5-2)8(3)10-7-11;1-5-2-3-8-6(7)4-5;1-6-3(5(8)9)2-4(6)7;2*1-2/h7-9H,4-6H2,1-3H3,(H,10,11);2-4H,1H3,(H2,7,8);3H,2H2,1H3,(H,8,9);2*1-2H3. The van der Waals surface area contributed by atoms with Gasteiger partial charge in [-0.15, -0.1) is 0 Å². The van der Waals surface area contributed by atoms with Gasteiger partial charge in [0.25, 0.3) is 0 Å². The van der Waals surface area contributed by atoms with Gasteiger partial charge in [-0.05, 0) is 43.9 Å². The number of nitrogens with zero attached hydrogens (tertiary/aromatic N) is 2. The summed E-state index contributed by atoms with van der Waals surface area (Å²) in [5, 5.41) is 11.1. The Morgan fingerprint density at radius 1 is 1.34 bits per heavy atom. The molecule has 1 fully saturated rings. The fourth-order valence-electron chi connectivity index (χ4n) is 2.74. The number of hydrogen-bond donors (Lipinski definition) is 3. The number of rotatable bonds is 7. The number of carboxylic acids is 1. The molecule has 1 aromatic heterocycles. The summed E-state index contributed by atoms with van der Waals surface area (Å²) in [4.78, 5) is 35.7. The van der Waals surface area contributed by atoms with E-state index in [2.05, 4.69) is 31.1 Å². The number of carbonyl (C=O) groups is 3. The zero-order valence-electron chi connectivity index (χ0n) is 21.5. The molecule has 3 atom stereocenters. The molecule has 3 unspecified atom stereocenters. The van der Waals surface area contributed by atoms with E-state index in [4.69, 9.17) is 10.8 Å². The van der Waals surface area contributed by atoms with Crippen LogP contribution in [0, 0.1) is 12.8 Å². The zero-order chi connectivity index (χ0) is 25.7. The molecule has 8 heteroatoms. The smallest absolute Gasteiger partial charge is 0.326 e. The van der Waals surface area contributed by atoms with E-state index in [0.717, 1.165) is 18.4 Å². The summed E-state index contributed by atoms with van der Waals surface area (Å²) < 4.78 is 0. The van der Waals surface area contributed by atoms with Crippen molar-refractivity contribution in [2.24, 2.45) is 5.92 Å². The Bertz CT molecular complexity index is 609. The first kappa shape index (κ1) is 34.0. The Morgan fingerprint density at radius 2 is 1.91 bits per heavy atom. The molecule has 2 amide bonds. The molecule has 0 aliphatic carbocycles. The number of anilines is 1. The Labute approximate surface area is 195 Å². The van der Waals surface area contributed by atoms with Crippen LogP contribution in [0.5, 0.6) is 0 Å². The minimum atomic E-state index is -0.919. The molecular weight excluding hydrogens is 408 g/mol. The predicted octanol–water partition coefficient (Wildman–Crippen LogP) is 4.27. The number of nitrogen functional groups attached to an aromatic ring is 1. The zero-order valence-corrected chi connectivity index (χ0v) is 21.5. The van der Waals surface area contributed by atoms with Gasteiger partial charge in [0.1, 0.15) is 11.9 Å².